The van der Waals surface area contributed by atoms with Gasteiger partial charge in [0.25, 0.3) is 0 Å². The first-order chi connectivity index (χ1) is 16.4. The zero-order chi connectivity index (χ0) is 26.5. The van der Waals surface area contributed by atoms with Crippen molar-refractivity contribution in [3.8, 4) is 0 Å². The van der Waals surface area contributed by atoms with Crippen LogP contribution in [0.25, 0.3) is 0 Å². The number of nitrogens with two attached hydrogens (primary N) is 1. The van der Waals surface area contributed by atoms with Gasteiger partial charge in [-0.2, -0.15) is 0 Å². The van der Waals surface area contributed by atoms with Gasteiger partial charge in [-0.15, -0.1) is 0 Å². The average molecular weight is 492 g/mol. The molecule has 0 aliphatic heterocycles. The Morgan fingerprint density at radius 1 is 0.943 bits per heavy atom. The first kappa shape index (κ1) is 29.6. The molecule has 0 bridgehead atoms. The van der Waals surface area contributed by atoms with Gasteiger partial charge in [0.2, 0.25) is 17.7 Å². The van der Waals surface area contributed by atoms with E-state index >= 15 is 0 Å². The topological polar surface area (TPSA) is 169 Å². The Balaban J connectivity index is 2.57. The number of anilines is 1. The van der Waals surface area contributed by atoms with E-state index < -0.39 is 30.0 Å². The van der Waals surface area contributed by atoms with Crippen molar-refractivity contribution in [2.75, 3.05) is 11.9 Å². The molecule has 6 N–H and O–H groups in total. The molecule has 1 aromatic carbocycles. The summed E-state index contributed by atoms with van der Waals surface area (Å²) in [5, 5.41) is 10.4. The first-order valence-corrected chi connectivity index (χ1v) is 11.5. The van der Waals surface area contributed by atoms with Crippen molar-refractivity contribution in [2.24, 2.45) is 11.7 Å². The largest absolute Gasteiger partial charge is 0.445 e. The Bertz CT molecular complexity index is 885. The molecule has 1 aromatic rings. The molecule has 0 heterocycles. The molecule has 194 valence electrons. The smallest absolute Gasteiger partial charge is 0.407 e. The van der Waals surface area contributed by atoms with Crippen LogP contribution in [0.3, 0.4) is 0 Å². The van der Waals surface area contributed by atoms with Gasteiger partial charge in [-0.05, 0) is 50.8 Å². The summed E-state index contributed by atoms with van der Waals surface area (Å²) in [7, 11) is 0. The Hall–Kier alpha value is -3.47. The molecule has 0 saturated carbocycles. The fraction of sp³-hybridized carbons (Fsp3) is 0.542. The molecule has 1 rings (SSSR count). The zero-order valence-electron chi connectivity index (χ0n) is 21.0. The van der Waals surface area contributed by atoms with Crippen LogP contribution in [-0.2, 0) is 30.5 Å². The standard InChI is InChI=1S/C24H37N5O6/c1-14(2)21(29-20(31)11-6-15(3)25)23(33)27-17(5)22(32)28-19-9-7-18(8-10-19)13-35-24(34)26-12-16(4)30/h7-10,14-15,17,21H,6,11-13,25H2,1-5H3,(H,26,34)(H,27,33)(H,28,32)(H,29,31). The molecular formula is C24H37N5O6. The van der Waals surface area contributed by atoms with E-state index in [9.17, 15) is 24.0 Å². The van der Waals surface area contributed by atoms with E-state index in [1.54, 1.807) is 52.0 Å². The molecule has 11 nitrogen and oxygen atoms in total. The van der Waals surface area contributed by atoms with Gasteiger partial charge in [0, 0.05) is 18.2 Å². The zero-order valence-corrected chi connectivity index (χ0v) is 21.0. The van der Waals surface area contributed by atoms with Crippen LogP contribution >= 0.6 is 0 Å². The monoisotopic (exact) mass is 491 g/mol. The first-order valence-electron chi connectivity index (χ1n) is 11.5. The summed E-state index contributed by atoms with van der Waals surface area (Å²) in [5.41, 5.74) is 6.85. The molecule has 0 radical (unpaired) electrons. The van der Waals surface area contributed by atoms with Gasteiger partial charge in [-0.3, -0.25) is 19.2 Å². The average Bonchev–Trinajstić information content (AvgIpc) is 2.78. The second-order valence-corrected chi connectivity index (χ2v) is 8.85. The lowest BCUT2D eigenvalue weighted by molar-refractivity contribution is -0.131. The van der Waals surface area contributed by atoms with Crippen molar-refractivity contribution in [1.29, 1.82) is 0 Å². The lowest BCUT2D eigenvalue weighted by Crippen LogP contribution is -2.53. The molecule has 0 spiro atoms. The van der Waals surface area contributed by atoms with Gasteiger partial charge in [0.15, 0.2) is 0 Å². The highest BCUT2D eigenvalue weighted by molar-refractivity contribution is 5.98. The molecule has 0 aromatic heterocycles. The second-order valence-electron chi connectivity index (χ2n) is 8.85. The van der Waals surface area contributed by atoms with Gasteiger partial charge in [0.1, 0.15) is 24.5 Å². The predicted molar refractivity (Wildman–Crippen MR) is 131 cm³/mol. The van der Waals surface area contributed by atoms with Crippen molar-refractivity contribution < 1.29 is 28.7 Å². The highest BCUT2D eigenvalue weighted by Gasteiger charge is 2.27. The van der Waals surface area contributed by atoms with Crippen LogP contribution < -0.4 is 27.0 Å². The quantitative estimate of drug-likeness (QED) is 0.276. The molecule has 3 unspecified atom stereocenters. The normalized spacial score (nSPS) is 13.2. The molecule has 3 atom stereocenters. The van der Waals surface area contributed by atoms with Gasteiger partial charge in [0.05, 0.1) is 6.54 Å². The Morgan fingerprint density at radius 3 is 2.11 bits per heavy atom. The molecule has 0 aliphatic rings. The van der Waals surface area contributed by atoms with E-state index in [2.05, 4.69) is 21.3 Å². The molecule has 11 heteroatoms. The van der Waals surface area contributed by atoms with Crippen LogP contribution in [0.5, 0.6) is 0 Å². The molecule has 0 saturated heterocycles. The van der Waals surface area contributed by atoms with E-state index in [-0.39, 0.29) is 43.2 Å². The van der Waals surface area contributed by atoms with E-state index in [0.29, 0.717) is 17.7 Å². The predicted octanol–water partition coefficient (Wildman–Crippen LogP) is 1.21. The number of hydrogen-bond acceptors (Lipinski definition) is 7. The van der Waals surface area contributed by atoms with E-state index in [1.165, 1.54) is 6.92 Å². The molecule has 0 aliphatic carbocycles. The molecule has 35 heavy (non-hydrogen) atoms. The fourth-order valence-corrected chi connectivity index (χ4v) is 2.84. The van der Waals surface area contributed by atoms with Crippen LogP contribution in [-0.4, -0.2) is 54.3 Å². The number of nitrogens with one attached hydrogen (secondary N) is 4. The Labute approximate surface area is 205 Å². The second kappa shape index (κ2) is 14.7. The third-order valence-electron chi connectivity index (χ3n) is 4.92. The fourth-order valence-electron chi connectivity index (χ4n) is 2.84. The van der Waals surface area contributed by atoms with Gasteiger partial charge in [-0.25, -0.2) is 4.79 Å². The van der Waals surface area contributed by atoms with Crippen molar-refractivity contribution in [2.45, 2.75) is 72.2 Å². The summed E-state index contributed by atoms with van der Waals surface area (Å²) >= 11 is 0. The third-order valence-corrected chi connectivity index (χ3v) is 4.92. The highest BCUT2D eigenvalue weighted by Crippen LogP contribution is 2.11. The summed E-state index contributed by atoms with van der Waals surface area (Å²) in [6.45, 7) is 8.21. The minimum absolute atomic E-state index is 0.00305. The number of carbonyl (C=O) groups excluding carboxylic acids is 5. The summed E-state index contributed by atoms with van der Waals surface area (Å²) in [6.07, 6.45) is 0.0237. The van der Waals surface area contributed by atoms with E-state index in [4.69, 9.17) is 10.5 Å². The number of alkyl carbamates (subject to hydrolysis) is 1. The van der Waals surface area contributed by atoms with Crippen molar-refractivity contribution >= 4 is 35.3 Å². The minimum atomic E-state index is -0.849. The number of rotatable bonds is 13. The van der Waals surface area contributed by atoms with E-state index in [0.717, 1.165) is 0 Å². The Kier molecular flexibility index (Phi) is 12.4. The van der Waals surface area contributed by atoms with Crippen LogP contribution in [0.4, 0.5) is 10.5 Å². The van der Waals surface area contributed by atoms with Gasteiger partial charge < -0.3 is 31.7 Å². The molecular weight excluding hydrogens is 454 g/mol. The summed E-state index contributed by atoms with van der Waals surface area (Å²) < 4.78 is 5.00. The molecule has 4 amide bonds. The number of benzene rings is 1. The number of ether oxygens (including phenoxy) is 1. The maximum atomic E-state index is 12.7. The number of hydrogen-bond donors (Lipinski definition) is 5. The molecule has 0 fully saturated rings. The Morgan fingerprint density at radius 2 is 1.57 bits per heavy atom. The van der Waals surface area contributed by atoms with Crippen LogP contribution in [0.1, 0.15) is 53.0 Å². The number of amides is 4. The van der Waals surface area contributed by atoms with Crippen LogP contribution in [0.15, 0.2) is 24.3 Å². The van der Waals surface area contributed by atoms with Gasteiger partial charge in [-0.1, -0.05) is 26.0 Å². The van der Waals surface area contributed by atoms with Crippen molar-refractivity contribution in [3.63, 3.8) is 0 Å². The number of carbonyl (C=O) groups is 5. The summed E-state index contributed by atoms with van der Waals surface area (Å²) in [5.74, 6) is -1.52. The summed E-state index contributed by atoms with van der Waals surface area (Å²) in [6, 6.07) is 4.86. The van der Waals surface area contributed by atoms with Gasteiger partial charge >= 0.3 is 6.09 Å². The number of Topliss-reactive ketones (excluding diaryl/α,β-unsaturated/α-hetero) is 1. The minimum Gasteiger partial charge on any atom is -0.445 e. The number of ketones is 1. The lowest BCUT2D eigenvalue weighted by Gasteiger charge is -2.24. The maximum absolute atomic E-state index is 12.7. The van der Waals surface area contributed by atoms with Crippen LogP contribution in [0.2, 0.25) is 0 Å². The summed E-state index contributed by atoms with van der Waals surface area (Å²) in [4.78, 5) is 59.7. The third kappa shape index (κ3) is 12.0. The highest BCUT2D eigenvalue weighted by atomic mass is 16.5. The van der Waals surface area contributed by atoms with Crippen LogP contribution in [0, 0.1) is 5.92 Å². The van der Waals surface area contributed by atoms with Crippen molar-refractivity contribution in [1.82, 2.24) is 16.0 Å². The van der Waals surface area contributed by atoms with E-state index in [1.807, 2.05) is 0 Å². The lowest BCUT2D eigenvalue weighted by atomic mass is 10.0. The maximum Gasteiger partial charge on any atom is 0.407 e. The van der Waals surface area contributed by atoms with Crippen molar-refractivity contribution in [3.05, 3.63) is 29.8 Å². The SMILES string of the molecule is CC(=O)CNC(=O)OCc1ccc(NC(=O)C(C)NC(=O)C(NC(=O)CCC(C)N)C(C)C)cc1.